The lowest BCUT2D eigenvalue weighted by molar-refractivity contribution is 0.100. The summed E-state index contributed by atoms with van der Waals surface area (Å²) < 4.78 is 5.80. The van der Waals surface area contributed by atoms with Crippen molar-refractivity contribution in [1.82, 2.24) is 15.3 Å². The lowest BCUT2D eigenvalue weighted by Crippen LogP contribution is -2.20. The predicted octanol–water partition coefficient (Wildman–Crippen LogP) is 5.09. The number of nitrogens with two attached hydrogens (primary N) is 1. The number of benzene rings is 2. The molecule has 0 aliphatic rings. The third kappa shape index (κ3) is 6.45. The third-order valence-corrected chi connectivity index (χ3v) is 6.17. The summed E-state index contributed by atoms with van der Waals surface area (Å²) >= 11 is 6.07. The molecule has 0 radical (unpaired) electrons. The van der Waals surface area contributed by atoms with Crippen molar-refractivity contribution in [2.75, 3.05) is 31.6 Å². The fraction of sp³-hybridized carbons (Fsp3) is 0.296. The van der Waals surface area contributed by atoms with Gasteiger partial charge in [-0.15, -0.1) is 0 Å². The van der Waals surface area contributed by atoms with Crippen LogP contribution in [0.3, 0.4) is 0 Å². The largest absolute Gasteiger partial charge is 0.380 e. The quantitative estimate of drug-likeness (QED) is 0.188. The van der Waals surface area contributed by atoms with Crippen molar-refractivity contribution in [2.24, 2.45) is 5.73 Å². The first-order chi connectivity index (χ1) is 17.0. The van der Waals surface area contributed by atoms with Gasteiger partial charge >= 0.3 is 0 Å². The fourth-order valence-electron chi connectivity index (χ4n) is 4.02. The number of aromatic nitrogens is 2. The predicted molar refractivity (Wildman–Crippen MR) is 142 cm³/mol. The van der Waals surface area contributed by atoms with Gasteiger partial charge in [-0.1, -0.05) is 29.8 Å². The molecule has 1 amide bonds. The molecular formula is C27H30ClN5O2. The van der Waals surface area contributed by atoms with E-state index in [4.69, 9.17) is 27.1 Å². The van der Waals surface area contributed by atoms with E-state index in [2.05, 4.69) is 28.6 Å². The summed E-state index contributed by atoms with van der Waals surface area (Å²) in [5.74, 6) is 0.260. The van der Waals surface area contributed by atoms with Crippen LogP contribution in [0.25, 0.3) is 21.7 Å². The molecule has 0 aliphatic carbocycles. The molecule has 0 fully saturated rings. The number of fused-ring (bicyclic) bond motifs is 3. The first-order valence-electron chi connectivity index (χ1n) is 11.8. The SMILES string of the molecule is C[C@@H](NCCCCOCCNc1nc2cc(C(N)=O)ccc2c2cnccc12)c1cccc(Cl)c1. The summed E-state index contributed by atoms with van der Waals surface area (Å²) in [7, 11) is 0. The normalized spacial score (nSPS) is 12.2. The van der Waals surface area contributed by atoms with Gasteiger partial charge in [0.05, 0.1) is 12.1 Å². The maximum atomic E-state index is 11.6. The molecule has 0 bridgehead atoms. The van der Waals surface area contributed by atoms with Crippen molar-refractivity contribution in [3.05, 3.63) is 77.1 Å². The number of hydrogen-bond donors (Lipinski definition) is 3. The van der Waals surface area contributed by atoms with Gasteiger partial charge < -0.3 is 21.1 Å². The second-order valence-electron chi connectivity index (χ2n) is 8.45. The minimum atomic E-state index is -0.475. The molecule has 0 saturated carbocycles. The van der Waals surface area contributed by atoms with E-state index in [1.807, 2.05) is 36.5 Å². The van der Waals surface area contributed by atoms with Gasteiger partial charge in [0, 0.05) is 58.3 Å². The number of pyridine rings is 2. The topological polar surface area (TPSA) is 102 Å². The first kappa shape index (κ1) is 24.9. The van der Waals surface area contributed by atoms with Crippen LogP contribution in [0.4, 0.5) is 5.82 Å². The highest BCUT2D eigenvalue weighted by Gasteiger charge is 2.10. The highest BCUT2D eigenvalue weighted by molar-refractivity contribution is 6.30. The summed E-state index contributed by atoms with van der Waals surface area (Å²) in [6.07, 6.45) is 5.57. The zero-order chi connectivity index (χ0) is 24.6. The Labute approximate surface area is 210 Å². The average molecular weight is 492 g/mol. The monoisotopic (exact) mass is 491 g/mol. The van der Waals surface area contributed by atoms with Crippen LogP contribution in [0, 0.1) is 0 Å². The van der Waals surface area contributed by atoms with Crippen molar-refractivity contribution >= 4 is 45.0 Å². The molecule has 1 atom stereocenters. The molecule has 8 heteroatoms. The van der Waals surface area contributed by atoms with Crippen molar-refractivity contribution in [1.29, 1.82) is 0 Å². The number of carbonyl (C=O) groups excluding carboxylic acids is 1. The van der Waals surface area contributed by atoms with E-state index in [1.54, 1.807) is 18.3 Å². The molecule has 4 N–H and O–H groups in total. The number of nitrogens with one attached hydrogen (secondary N) is 2. The molecule has 4 rings (SSSR count). The summed E-state index contributed by atoms with van der Waals surface area (Å²) in [4.78, 5) is 20.6. The Kier molecular flexibility index (Phi) is 8.47. The number of amides is 1. The van der Waals surface area contributed by atoms with E-state index in [1.165, 1.54) is 5.56 Å². The van der Waals surface area contributed by atoms with Crippen molar-refractivity contribution in [3.63, 3.8) is 0 Å². The molecule has 182 valence electrons. The van der Waals surface area contributed by atoms with Gasteiger partial charge in [0.25, 0.3) is 0 Å². The summed E-state index contributed by atoms with van der Waals surface area (Å²) in [5, 5.41) is 10.5. The maximum absolute atomic E-state index is 11.6. The van der Waals surface area contributed by atoms with Crippen molar-refractivity contribution < 1.29 is 9.53 Å². The lowest BCUT2D eigenvalue weighted by Gasteiger charge is -2.14. The second kappa shape index (κ2) is 11.9. The lowest BCUT2D eigenvalue weighted by atomic mass is 10.1. The van der Waals surface area contributed by atoms with Crippen molar-refractivity contribution in [2.45, 2.75) is 25.8 Å². The van der Waals surface area contributed by atoms with Crippen LogP contribution in [0.5, 0.6) is 0 Å². The number of carbonyl (C=O) groups is 1. The molecule has 35 heavy (non-hydrogen) atoms. The first-order valence-corrected chi connectivity index (χ1v) is 12.2. The van der Waals surface area contributed by atoms with Crippen LogP contribution >= 0.6 is 11.6 Å². The van der Waals surface area contributed by atoms with Crippen LogP contribution in [0.15, 0.2) is 60.9 Å². The third-order valence-electron chi connectivity index (χ3n) is 5.93. The van der Waals surface area contributed by atoms with Gasteiger partial charge in [0.15, 0.2) is 0 Å². The minimum absolute atomic E-state index is 0.261. The van der Waals surface area contributed by atoms with E-state index in [-0.39, 0.29) is 6.04 Å². The Bertz CT molecular complexity index is 1310. The number of unbranched alkanes of at least 4 members (excludes halogenated alkanes) is 1. The Morgan fingerprint density at radius 2 is 1.94 bits per heavy atom. The molecule has 2 aromatic heterocycles. The minimum Gasteiger partial charge on any atom is -0.380 e. The molecule has 2 heterocycles. The number of ether oxygens (including phenoxy) is 1. The number of anilines is 1. The molecular weight excluding hydrogens is 462 g/mol. The highest BCUT2D eigenvalue weighted by Crippen LogP contribution is 2.29. The van der Waals surface area contributed by atoms with Gasteiger partial charge in [-0.05, 0) is 62.2 Å². The number of halogens is 1. The Morgan fingerprint density at radius 1 is 1.06 bits per heavy atom. The highest BCUT2D eigenvalue weighted by atomic mass is 35.5. The number of nitrogens with zero attached hydrogens (tertiary/aromatic N) is 2. The van der Waals surface area contributed by atoms with Crippen molar-refractivity contribution in [3.8, 4) is 0 Å². The Hall–Kier alpha value is -3.26. The van der Waals surface area contributed by atoms with E-state index in [0.29, 0.717) is 30.8 Å². The standard InChI is InChI=1S/C27H30ClN5O2/c1-18(19-5-4-6-21(28)15-19)31-10-2-3-13-35-14-12-32-27-23-9-11-30-17-24(23)22-8-7-20(26(29)34)16-25(22)33-27/h4-9,11,15-18,31H,2-3,10,12-14H2,1H3,(H2,29,34)(H,32,33)/t18-/m1/s1. The van der Waals surface area contributed by atoms with E-state index >= 15 is 0 Å². The van der Waals surface area contributed by atoms with Crippen LogP contribution in [-0.2, 0) is 4.74 Å². The molecule has 0 saturated heterocycles. The Morgan fingerprint density at radius 3 is 2.77 bits per heavy atom. The van der Waals surface area contributed by atoms with Gasteiger partial charge in [-0.2, -0.15) is 0 Å². The van der Waals surface area contributed by atoms with Crippen LogP contribution in [-0.4, -0.2) is 42.2 Å². The molecule has 4 aromatic rings. The van der Waals surface area contributed by atoms with Crippen LogP contribution < -0.4 is 16.4 Å². The zero-order valence-electron chi connectivity index (χ0n) is 19.8. The van der Waals surface area contributed by atoms with E-state index < -0.39 is 5.91 Å². The summed E-state index contributed by atoms with van der Waals surface area (Å²) in [6.45, 7) is 4.95. The Balaban J connectivity index is 1.23. The second-order valence-corrected chi connectivity index (χ2v) is 8.89. The summed E-state index contributed by atoms with van der Waals surface area (Å²) in [6, 6.07) is 15.4. The molecule has 2 aromatic carbocycles. The van der Waals surface area contributed by atoms with Gasteiger partial charge in [0.1, 0.15) is 5.82 Å². The smallest absolute Gasteiger partial charge is 0.248 e. The zero-order valence-corrected chi connectivity index (χ0v) is 20.5. The van der Waals surface area contributed by atoms with Gasteiger partial charge in [-0.3, -0.25) is 9.78 Å². The van der Waals surface area contributed by atoms with Gasteiger partial charge in [-0.25, -0.2) is 4.98 Å². The molecule has 0 aliphatic heterocycles. The molecule has 0 spiro atoms. The van der Waals surface area contributed by atoms with Gasteiger partial charge in [0.2, 0.25) is 5.91 Å². The fourth-order valence-corrected chi connectivity index (χ4v) is 4.22. The number of hydrogen-bond acceptors (Lipinski definition) is 6. The number of rotatable bonds is 12. The maximum Gasteiger partial charge on any atom is 0.248 e. The van der Waals surface area contributed by atoms with Crippen LogP contribution in [0.1, 0.15) is 41.7 Å². The van der Waals surface area contributed by atoms with E-state index in [9.17, 15) is 4.79 Å². The molecule has 0 unspecified atom stereocenters. The summed E-state index contributed by atoms with van der Waals surface area (Å²) in [5.41, 5.74) is 7.76. The van der Waals surface area contributed by atoms with Crippen LogP contribution in [0.2, 0.25) is 5.02 Å². The van der Waals surface area contributed by atoms with E-state index in [0.717, 1.165) is 46.4 Å². The molecule has 7 nitrogen and oxygen atoms in total. The average Bonchev–Trinajstić information content (AvgIpc) is 2.87. The number of primary amides is 1.